The largest absolute Gasteiger partial charge is 0.508 e. The molecule has 2 aromatic rings. The fraction of sp³-hybridized carbons (Fsp3) is 0.536. The highest BCUT2D eigenvalue weighted by Gasteiger charge is 2.51. The van der Waals surface area contributed by atoms with Gasteiger partial charge in [0.15, 0.2) is 0 Å². The van der Waals surface area contributed by atoms with Gasteiger partial charge in [0.25, 0.3) is 10.1 Å². The Hall–Kier alpha value is -2.62. The zero-order valence-electron chi connectivity index (χ0n) is 21.6. The van der Waals surface area contributed by atoms with Gasteiger partial charge in [0.1, 0.15) is 5.75 Å². The molecule has 1 saturated carbocycles. The van der Waals surface area contributed by atoms with Crippen molar-refractivity contribution in [3.63, 3.8) is 0 Å². The van der Waals surface area contributed by atoms with Gasteiger partial charge in [-0.2, -0.15) is 8.42 Å². The molecule has 0 radical (unpaired) electrons. The van der Waals surface area contributed by atoms with Gasteiger partial charge < -0.3 is 19.9 Å². The van der Waals surface area contributed by atoms with Crippen molar-refractivity contribution >= 4 is 16.3 Å². The Kier molecular flexibility index (Phi) is 8.16. The van der Waals surface area contributed by atoms with Crippen LogP contribution >= 0.6 is 0 Å². The maximum absolute atomic E-state index is 11.0. The van der Waals surface area contributed by atoms with Crippen molar-refractivity contribution in [1.82, 2.24) is 5.32 Å². The molecule has 5 rings (SSSR count). The second kappa shape index (κ2) is 11.0. The fourth-order valence-corrected chi connectivity index (χ4v) is 6.70. The van der Waals surface area contributed by atoms with E-state index in [1.54, 1.807) is 12.1 Å². The van der Waals surface area contributed by atoms with Gasteiger partial charge in [-0.15, -0.1) is 0 Å². The van der Waals surface area contributed by atoms with Crippen molar-refractivity contribution in [3.05, 3.63) is 59.2 Å². The third-order valence-electron chi connectivity index (χ3n) is 7.95. The normalized spacial score (nSPS) is 25.1. The Bertz CT molecular complexity index is 1210. The van der Waals surface area contributed by atoms with Crippen LogP contribution in [0.1, 0.15) is 62.6 Å². The van der Waals surface area contributed by atoms with E-state index in [0.717, 1.165) is 24.3 Å². The summed E-state index contributed by atoms with van der Waals surface area (Å²) in [5, 5.41) is 12.7. The number of aryl methyl sites for hydroxylation is 1. The molecule has 1 aliphatic heterocycles. The lowest BCUT2D eigenvalue weighted by molar-refractivity contribution is -0.0794. The van der Waals surface area contributed by atoms with E-state index in [-0.39, 0.29) is 16.2 Å². The molecular formula is C28H37NO7S. The van der Waals surface area contributed by atoms with E-state index >= 15 is 0 Å². The van der Waals surface area contributed by atoms with Crippen LogP contribution in [-0.4, -0.2) is 43.1 Å². The maximum atomic E-state index is 11.0. The second-order valence-corrected chi connectivity index (χ2v) is 12.2. The molecule has 2 bridgehead atoms. The fourth-order valence-electron chi connectivity index (χ4n) is 6.22. The summed E-state index contributed by atoms with van der Waals surface area (Å²) in [5.74, 6) is 1.38. The molecule has 2 aromatic carbocycles. The molecular weight excluding hydrogens is 494 g/mol. The molecule has 0 amide bonds. The molecule has 1 unspecified atom stereocenters. The topological polar surface area (TPSA) is 122 Å². The molecule has 202 valence electrons. The molecule has 2 fully saturated rings. The smallest absolute Gasteiger partial charge is 0.454 e. The average Bonchev–Trinajstić information content (AvgIpc) is 2.84. The molecule has 0 spiro atoms. The standard InChI is InChI=1S/C21H29NO4.C7H8O3S/c1-13(2)19(26-20(23)24)25-15-7-6-14-11-18-16-5-3-4-8-21(16,9-10-22-18)17(14)12-15;1-6-2-4-7(5-3-6)11(8,9)10/h6-7,12-13,16,18-19,22H,3-5,8-11H2,1-2H3,(H,23,24);2-5H,1H3,(H,8,9,10)/t16-,18+,19?,21+;/m0./s1. The van der Waals surface area contributed by atoms with Crippen molar-refractivity contribution < 1.29 is 32.3 Å². The highest BCUT2D eigenvalue weighted by Crippen LogP contribution is 2.54. The van der Waals surface area contributed by atoms with Crippen LogP contribution in [0.15, 0.2) is 47.4 Å². The van der Waals surface area contributed by atoms with Crippen LogP contribution < -0.4 is 10.1 Å². The lowest BCUT2D eigenvalue weighted by Gasteiger charge is -2.56. The van der Waals surface area contributed by atoms with Crippen molar-refractivity contribution in [1.29, 1.82) is 0 Å². The number of nitrogens with one attached hydrogen (secondary N) is 1. The molecule has 1 heterocycles. The van der Waals surface area contributed by atoms with Gasteiger partial charge in [-0.25, -0.2) is 4.79 Å². The Morgan fingerprint density at radius 1 is 1.11 bits per heavy atom. The number of piperidine rings is 1. The van der Waals surface area contributed by atoms with E-state index in [4.69, 9.17) is 19.1 Å². The second-order valence-electron chi connectivity index (χ2n) is 10.7. The molecule has 1 saturated heterocycles. The highest BCUT2D eigenvalue weighted by atomic mass is 32.2. The van der Waals surface area contributed by atoms with E-state index in [1.165, 1.54) is 55.4 Å². The third kappa shape index (κ3) is 6.10. The van der Waals surface area contributed by atoms with Gasteiger partial charge in [-0.1, -0.05) is 50.5 Å². The SMILES string of the molecule is CC(C)C(OC(=O)O)Oc1ccc2c(c1)[C@@]13CCCC[C@H]1[C@@H](C2)NCC3.Cc1ccc(S(=O)(=O)O)cc1. The van der Waals surface area contributed by atoms with Crippen LogP contribution in [0.2, 0.25) is 0 Å². The minimum atomic E-state index is -4.02. The predicted octanol–water partition coefficient (Wildman–Crippen LogP) is 5.33. The van der Waals surface area contributed by atoms with Crippen LogP contribution in [0.3, 0.4) is 0 Å². The predicted molar refractivity (Wildman–Crippen MR) is 140 cm³/mol. The number of hydrogen-bond donors (Lipinski definition) is 3. The first-order chi connectivity index (χ1) is 17.5. The summed E-state index contributed by atoms with van der Waals surface area (Å²) >= 11 is 0. The van der Waals surface area contributed by atoms with Crippen LogP contribution in [-0.2, 0) is 26.7 Å². The van der Waals surface area contributed by atoms with Crippen LogP contribution in [0.5, 0.6) is 5.75 Å². The number of carboxylic acid groups (broad SMARTS) is 1. The molecule has 8 nitrogen and oxygen atoms in total. The highest BCUT2D eigenvalue weighted by molar-refractivity contribution is 7.85. The number of hydrogen-bond acceptors (Lipinski definition) is 6. The Labute approximate surface area is 219 Å². The van der Waals surface area contributed by atoms with E-state index in [1.807, 2.05) is 26.8 Å². The first-order valence-electron chi connectivity index (χ1n) is 13.0. The summed E-state index contributed by atoms with van der Waals surface area (Å²) in [4.78, 5) is 10.9. The summed E-state index contributed by atoms with van der Waals surface area (Å²) < 4.78 is 40.4. The minimum absolute atomic E-state index is 0.0500. The van der Waals surface area contributed by atoms with E-state index < -0.39 is 22.6 Å². The molecule has 3 aliphatic rings. The molecule has 3 N–H and O–H groups in total. The monoisotopic (exact) mass is 531 g/mol. The van der Waals surface area contributed by atoms with Crippen molar-refractivity contribution in [2.45, 2.75) is 81.9 Å². The van der Waals surface area contributed by atoms with E-state index in [0.29, 0.717) is 12.0 Å². The number of rotatable bonds is 5. The van der Waals surface area contributed by atoms with Gasteiger partial charge in [0.2, 0.25) is 6.29 Å². The number of ether oxygens (including phenoxy) is 2. The van der Waals surface area contributed by atoms with Crippen LogP contribution in [0, 0.1) is 18.8 Å². The van der Waals surface area contributed by atoms with Gasteiger partial charge in [-0.3, -0.25) is 4.55 Å². The summed E-state index contributed by atoms with van der Waals surface area (Å²) in [7, 11) is -4.02. The summed E-state index contributed by atoms with van der Waals surface area (Å²) in [6, 6.07) is 12.9. The van der Waals surface area contributed by atoms with Crippen molar-refractivity contribution in [2.75, 3.05) is 6.54 Å². The quantitative estimate of drug-likeness (QED) is 0.269. The Morgan fingerprint density at radius 3 is 2.49 bits per heavy atom. The number of benzene rings is 2. The van der Waals surface area contributed by atoms with Gasteiger partial charge in [-0.05, 0) is 80.5 Å². The van der Waals surface area contributed by atoms with Crippen LogP contribution in [0.4, 0.5) is 4.79 Å². The lowest BCUT2D eigenvalue weighted by Crippen LogP contribution is -2.59. The van der Waals surface area contributed by atoms with Crippen molar-refractivity contribution in [3.8, 4) is 5.75 Å². The molecule has 4 atom stereocenters. The molecule has 9 heteroatoms. The number of carbonyl (C=O) groups is 1. The van der Waals surface area contributed by atoms with Crippen LogP contribution in [0.25, 0.3) is 0 Å². The zero-order valence-corrected chi connectivity index (χ0v) is 22.5. The van der Waals surface area contributed by atoms with E-state index in [9.17, 15) is 13.2 Å². The minimum Gasteiger partial charge on any atom is -0.454 e. The Balaban J connectivity index is 0.000000245. The van der Waals surface area contributed by atoms with Gasteiger partial charge in [0, 0.05) is 17.4 Å². The lowest BCUT2D eigenvalue weighted by atomic mass is 9.53. The average molecular weight is 532 g/mol. The zero-order chi connectivity index (χ0) is 26.8. The summed E-state index contributed by atoms with van der Waals surface area (Å²) in [6.07, 6.45) is 5.38. The molecule has 2 aliphatic carbocycles. The summed E-state index contributed by atoms with van der Waals surface area (Å²) in [5.41, 5.74) is 4.09. The van der Waals surface area contributed by atoms with E-state index in [2.05, 4.69) is 17.4 Å². The third-order valence-corrected chi connectivity index (χ3v) is 8.82. The van der Waals surface area contributed by atoms with Crippen molar-refractivity contribution in [2.24, 2.45) is 11.8 Å². The first-order valence-corrected chi connectivity index (χ1v) is 14.4. The Morgan fingerprint density at radius 2 is 1.84 bits per heavy atom. The molecule has 0 aromatic heterocycles. The maximum Gasteiger partial charge on any atom is 0.508 e. The number of fused-ring (bicyclic) bond motifs is 1. The first kappa shape index (κ1) is 27.4. The van der Waals surface area contributed by atoms with Gasteiger partial charge >= 0.3 is 6.16 Å². The van der Waals surface area contributed by atoms with Gasteiger partial charge in [0.05, 0.1) is 4.90 Å². The summed E-state index contributed by atoms with van der Waals surface area (Å²) in [6.45, 7) is 6.73. The molecule has 37 heavy (non-hydrogen) atoms.